The van der Waals surface area contributed by atoms with Crippen molar-refractivity contribution >= 4 is 18.0 Å². The van der Waals surface area contributed by atoms with Gasteiger partial charge in [-0.3, -0.25) is 10.1 Å². The quantitative estimate of drug-likeness (QED) is 0.509. The van der Waals surface area contributed by atoms with Gasteiger partial charge in [-0.1, -0.05) is 6.07 Å². The molecule has 10 heteroatoms. The van der Waals surface area contributed by atoms with Crippen LogP contribution in [-0.2, 0) is 10.9 Å². The molecule has 1 fully saturated rings. The standard InChI is InChI=1S/C19H25F3N4O3/c1-18(2,3)29-17(28)26-16(23)25-15(27)12-4-5-13(11-6-8-24-9-7-11)14(10-12)19(20,21)22/h4-5,10-11,24H,6-9H2,1-3H3,(H3,23,25,26,27,28). The van der Waals surface area contributed by atoms with Gasteiger partial charge in [0.05, 0.1) is 5.56 Å². The fourth-order valence-electron chi connectivity index (χ4n) is 3.03. The zero-order valence-corrected chi connectivity index (χ0v) is 16.5. The molecule has 1 aliphatic heterocycles. The molecule has 2 rings (SSSR count). The van der Waals surface area contributed by atoms with Crippen LogP contribution in [0.4, 0.5) is 18.0 Å². The van der Waals surface area contributed by atoms with Gasteiger partial charge in [0.2, 0.25) is 5.96 Å². The SMILES string of the molecule is CC(C)(C)OC(=O)N=C(N)NC(=O)c1ccc(C2CCNCC2)c(C(F)(F)F)c1. The second kappa shape index (κ2) is 8.81. The topological polar surface area (TPSA) is 106 Å². The Labute approximate surface area is 166 Å². The van der Waals surface area contributed by atoms with E-state index in [4.69, 9.17) is 10.5 Å². The minimum atomic E-state index is -4.60. The molecule has 0 aliphatic carbocycles. The Hall–Kier alpha value is -2.62. The summed E-state index contributed by atoms with van der Waals surface area (Å²) >= 11 is 0. The summed E-state index contributed by atoms with van der Waals surface area (Å²) in [7, 11) is 0. The fraction of sp³-hybridized carbons (Fsp3) is 0.526. The molecule has 2 amide bonds. The molecular weight excluding hydrogens is 389 g/mol. The van der Waals surface area contributed by atoms with Gasteiger partial charge < -0.3 is 15.8 Å². The number of ether oxygens (including phenoxy) is 1. The van der Waals surface area contributed by atoms with Crippen molar-refractivity contribution < 1.29 is 27.5 Å². The van der Waals surface area contributed by atoms with Crippen LogP contribution in [0, 0.1) is 0 Å². The number of nitrogens with two attached hydrogens (primary N) is 1. The molecule has 0 atom stereocenters. The normalized spacial score (nSPS) is 16.4. The second-order valence-corrected chi connectivity index (χ2v) is 7.76. The summed E-state index contributed by atoms with van der Waals surface area (Å²) in [6.07, 6.45) is -4.45. The van der Waals surface area contributed by atoms with Crippen LogP contribution < -0.4 is 16.4 Å². The van der Waals surface area contributed by atoms with Crippen LogP contribution in [0.15, 0.2) is 23.2 Å². The first kappa shape index (κ1) is 22.7. The third-order valence-electron chi connectivity index (χ3n) is 4.25. The average Bonchev–Trinajstić information content (AvgIpc) is 2.59. The van der Waals surface area contributed by atoms with Crippen LogP contribution in [0.1, 0.15) is 61.0 Å². The summed E-state index contributed by atoms with van der Waals surface area (Å²) in [5, 5.41) is 5.21. The number of halogens is 3. The lowest BCUT2D eigenvalue weighted by Crippen LogP contribution is -2.38. The minimum Gasteiger partial charge on any atom is -0.442 e. The van der Waals surface area contributed by atoms with Crippen molar-refractivity contribution in [1.29, 1.82) is 0 Å². The van der Waals surface area contributed by atoms with Crippen molar-refractivity contribution in [3.8, 4) is 0 Å². The molecule has 0 unspecified atom stereocenters. The number of carbonyl (C=O) groups is 2. The molecule has 0 spiro atoms. The Morgan fingerprint density at radius 3 is 2.38 bits per heavy atom. The lowest BCUT2D eigenvalue weighted by Gasteiger charge is -2.26. The van der Waals surface area contributed by atoms with E-state index in [1.54, 1.807) is 20.8 Å². The number of alkyl halides is 3. The Bertz CT molecular complexity index is 795. The average molecular weight is 414 g/mol. The Kier molecular flexibility index (Phi) is 6.89. The van der Waals surface area contributed by atoms with E-state index in [9.17, 15) is 22.8 Å². The summed E-state index contributed by atoms with van der Waals surface area (Å²) in [4.78, 5) is 27.2. The monoisotopic (exact) mass is 414 g/mol. The number of guanidine groups is 1. The molecule has 1 saturated heterocycles. The van der Waals surface area contributed by atoms with Gasteiger partial charge in [-0.25, -0.2) is 4.79 Å². The summed E-state index contributed by atoms with van der Waals surface area (Å²) in [5.41, 5.74) is 3.77. The maximum Gasteiger partial charge on any atom is 0.437 e. The number of benzene rings is 1. The van der Waals surface area contributed by atoms with E-state index in [2.05, 4.69) is 15.6 Å². The smallest absolute Gasteiger partial charge is 0.437 e. The van der Waals surface area contributed by atoms with Crippen LogP contribution in [0.5, 0.6) is 0 Å². The number of piperidine rings is 1. The second-order valence-electron chi connectivity index (χ2n) is 7.76. The highest BCUT2D eigenvalue weighted by molar-refractivity contribution is 6.07. The maximum atomic E-state index is 13.6. The van der Waals surface area contributed by atoms with Crippen LogP contribution >= 0.6 is 0 Å². The molecule has 0 aromatic heterocycles. The summed E-state index contributed by atoms with van der Waals surface area (Å²) in [6.45, 7) is 6.15. The Morgan fingerprint density at radius 2 is 1.83 bits per heavy atom. The van der Waals surface area contributed by atoms with Crippen LogP contribution in [-0.4, -0.2) is 36.7 Å². The zero-order valence-electron chi connectivity index (χ0n) is 16.5. The third kappa shape index (κ3) is 6.74. The molecule has 1 aromatic rings. The number of nitrogens with one attached hydrogen (secondary N) is 2. The van der Waals surface area contributed by atoms with E-state index in [-0.39, 0.29) is 17.0 Å². The van der Waals surface area contributed by atoms with Gasteiger partial charge in [-0.05, 0) is 70.3 Å². The van der Waals surface area contributed by atoms with Crippen LogP contribution in [0.25, 0.3) is 0 Å². The first-order chi connectivity index (χ1) is 13.4. The molecule has 29 heavy (non-hydrogen) atoms. The number of rotatable bonds is 2. The highest BCUT2D eigenvalue weighted by atomic mass is 19.4. The Balaban J connectivity index is 2.21. The molecular formula is C19H25F3N4O3. The number of amides is 2. The number of carbonyl (C=O) groups excluding carboxylic acids is 2. The summed E-state index contributed by atoms with van der Waals surface area (Å²) in [6, 6.07) is 3.44. The van der Waals surface area contributed by atoms with E-state index in [0.717, 1.165) is 6.07 Å². The van der Waals surface area contributed by atoms with Gasteiger partial charge in [0, 0.05) is 5.56 Å². The van der Waals surface area contributed by atoms with Gasteiger partial charge in [-0.2, -0.15) is 13.2 Å². The molecule has 0 saturated carbocycles. The fourth-order valence-corrected chi connectivity index (χ4v) is 3.03. The van der Waals surface area contributed by atoms with Gasteiger partial charge >= 0.3 is 12.3 Å². The predicted octanol–water partition coefficient (Wildman–Crippen LogP) is 3.15. The zero-order chi connectivity index (χ0) is 21.8. The molecule has 4 N–H and O–H groups in total. The minimum absolute atomic E-state index is 0.172. The van der Waals surface area contributed by atoms with Gasteiger partial charge in [0.25, 0.3) is 5.91 Å². The molecule has 160 valence electrons. The van der Waals surface area contributed by atoms with Crippen molar-refractivity contribution in [3.05, 3.63) is 34.9 Å². The molecule has 1 aliphatic rings. The maximum absolute atomic E-state index is 13.6. The van der Waals surface area contributed by atoms with E-state index >= 15 is 0 Å². The van der Waals surface area contributed by atoms with Crippen molar-refractivity contribution in [3.63, 3.8) is 0 Å². The van der Waals surface area contributed by atoms with E-state index in [1.165, 1.54) is 12.1 Å². The summed E-state index contributed by atoms with van der Waals surface area (Å²) < 4.78 is 45.7. The van der Waals surface area contributed by atoms with Crippen LogP contribution in [0.2, 0.25) is 0 Å². The van der Waals surface area contributed by atoms with Gasteiger partial charge in [0.15, 0.2) is 0 Å². The Morgan fingerprint density at radius 1 is 1.21 bits per heavy atom. The van der Waals surface area contributed by atoms with Crippen molar-refractivity contribution in [2.75, 3.05) is 13.1 Å². The predicted molar refractivity (Wildman–Crippen MR) is 102 cm³/mol. The van der Waals surface area contributed by atoms with Crippen LogP contribution in [0.3, 0.4) is 0 Å². The largest absolute Gasteiger partial charge is 0.442 e. The van der Waals surface area contributed by atoms with Gasteiger partial charge in [-0.15, -0.1) is 4.99 Å². The number of hydrogen-bond acceptors (Lipinski definition) is 4. The van der Waals surface area contributed by atoms with Crippen molar-refractivity contribution in [2.24, 2.45) is 10.7 Å². The number of nitrogens with zero attached hydrogens (tertiary/aromatic N) is 1. The lowest BCUT2D eigenvalue weighted by molar-refractivity contribution is -0.138. The molecule has 1 heterocycles. The first-order valence-corrected chi connectivity index (χ1v) is 9.17. The third-order valence-corrected chi connectivity index (χ3v) is 4.25. The first-order valence-electron chi connectivity index (χ1n) is 9.17. The molecule has 7 nitrogen and oxygen atoms in total. The lowest BCUT2D eigenvalue weighted by atomic mass is 9.86. The summed E-state index contributed by atoms with van der Waals surface area (Å²) in [5.74, 6) is -1.71. The molecule has 0 radical (unpaired) electrons. The van der Waals surface area contributed by atoms with Crippen molar-refractivity contribution in [1.82, 2.24) is 10.6 Å². The number of hydrogen-bond donors (Lipinski definition) is 3. The van der Waals surface area contributed by atoms with Gasteiger partial charge in [0.1, 0.15) is 5.60 Å². The number of aliphatic imine (C=N–C) groups is 1. The van der Waals surface area contributed by atoms with E-state index in [1.807, 2.05) is 0 Å². The molecule has 0 bridgehead atoms. The molecule has 1 aromatic carbocycles. The highest BCUT2D eigenvalue weighted by Crippen LogP contribution is 2.38. The highest BCUT2D eigenvalue weighted by Gasteiger charge is 2.36. The van der Waals surface area contributed by atoms with E-state index < -0.39 is 35.3 Å². The van der Waals surface area contributed by atoms with E-state index in [0.29, 0.717) is 25.9 Å². The van der Waals surface area contributed by atoms with Crippen molar-refractivity contribution in [2.45, 2.75) is 51.3 Å².